The Morgan fingerprint density at radius 3 is 2.81 bits per heavy atom. The Kier molecular flexibility index (Phi) is 6.30. The summed E-state index contributed by atoms with van der Waals surface area (Å²) in [6, 6.07) is 14.0. The van der Waals surface area contributed by atoms with Crippen molar-refractivity contribution < 1.29 is 4.39 Å². The monoisotopic (exact) mass is 431 g/mol. The predicted molar refractivity (Wildman–Crippen MR) is 125 cm³/mol. The Balaban J connectivity index is 1.14. The van der Waals surface area contributed by atoms with Crippen molar-refractivity contribution in [3.8, 4) is 5.69 Å². The van der Waals surface area contributed by atoms with E-state index in [0.717, 1.165) is 43.0 Å². The van der Waals surface area contributed by atoms with E-state index in [1.54, 1.807) is 18.7 Å². The number of nitrogens with one attached hydrogen (secondary N) is 2. The third-order valence-corrected chi connectivity index (χ3v) is 6.80. The molecule has 2 aromatic heterocycles. The third kappa shape index (κ3) is 4.91. The first kappa shape index (κ1) is 20.9. The first-order valence-electron chi connectivity index (χ1n) is 11.7. The van der Waals surface area contributed by atoms with Gasteiger partial charge in [0.2, 0.25) is 0 Å². The molecule has 2 unspecified atom stereocenters. The Morgan fingerprint density at radius 2 is 1.94 bits per heavy atom. The molecule has 0 radical (unpaired) electrons. The molecule has 166 valence electrons. The number of hydrogen-bond donors (Lipinski definition) is 2. The van der Waals surface area contributed by atoms with Crippen molar-refractivity contribution >= 4 is 10.9 Å². The molecular weight excluding hydrogens is 401 g/mol. The van der Waals surface area contributed by atoms with Crippen molar-refractivity contribution in [2.45, 2.75) is 51.0 Å². The van der Waals surface area contributed by atoms with Crippen LogP contribution in [0.2, 0.25) is 0 Å². The molecule has 5 rings (SSSR count). The van der Waals surface area contributed by atoms with E-state index in [1.807, 2.05) is 16.7 Å². The number of H-pyrrole nitrogens is 1. The zero-order chi connectivity index (χ0) is 21.8. The van der Waals surface area contributed by atoms with Gasteiger partial charge >= 0.3 is 0 Å². The predicted octanol–water partition coefficient (Wildman–Crippen LogP) is 5.21. The van der Waals surface area contributed by atoms with E-state index in [-0.39, 0.29) is 5.82 Å². The lowest BCUT2D eigenvalue weighted by molar-refractivity contribution is 0.275. The second kappa shape index (κ2) is 9.65. The van der Waals surface area contributed by atoms with E-state index < -0.39 is 0 Å². The highest BCUT2D eigenvalue weighted by atomic mass is 19.1. The number of piperidine rings is 1. The van der Waals surface area contributed by atoms with Gasteiger partial charge in [-0.3, -0.25) is 4.57 Å². The summed E-state index contributed by atoms with van der Waals surface area (Å²) < 4.78 is 15.4. The summed E-state index contributed by atoms with van der Waals surface area (Å²) in [6.07, 6.45) is 13.7. The van der Waals surface area contributed by atoms with Crippen LogP contribution in [0.1, 0.15) is 43.2 Å². The Bertz CT molecular complexity index is 1150. The van der Waals surface area contributed by atoms with Crippen molar-refractivity contribution in [3.05, 3.63) is 78.3 Å². The molecule has 0 aliphatic carbocycles. The summed E-state index contributed by atoms with van der Waals surface area (Å²) in [6.45, 7) is 1.09. The summed E-state index contributed by atoms with van der Waals surface area (Å²) in [4.78, 5) is 3.42. The smallest absolute Gasteiger partial charge is 0.123 e. The van der Waals surface area contributed by atoms with Gasteiger partial charge in [-0.2, -0.15) is 0 Å². The van der Waals surface area contributed by atoms with Gasteiger partial charge in [0.1, 0.15) is 18.5 Å². The van der Waals surface area contributed by atoms with Gasteiger partial charge in [-0.25, -0.2) is 4.39 Å². The lowest BCUT2D eigenvalue weighted by Crippen LogP contribution is -2.38. The standard InChI is InChI=1S/C26H30FN5/c27-22-6-2-4-19(13-22)7-8-23-14-20(11-12-28-23)3-1-5-21-16-29-26-10-9-24(15-25(21)26)32-17-30-31-18-32/h2,4,6,9-10,13,15-18,20,23,28-29H,1,3,5,7-8,11-12,14H2. The lowest BCUT2D eigenvalue weighted by atomic mass is 9.85. The van der Waals surface area contributed by atoms with Crippen LogP contribution in [0, 0.1) is 11.7 Å². The minimum Gasteiger partial charge on any atom is -0.361 e. The van der Waals surface area contributed by atoms with Crippen molar-refractivity contribution in [2.24, 2.45) is 5.92 Å². The molecule has 0 bridgehead atoms. The number of benzene rings is 2. The molecule has 3 heterocycles. The number of fused-ring (bicyclic) bond motifs is 1. The van der Waals surface area contributed by atoms with E-state index in [0.29, 0.717) is 6.04 Å². The van der Waals surface area contributed by atoms with Gasteiger partial charge in [0.15, 0.2) is 0 Å². The Labute approximate surface area is 188 Å². The van der Waals surface area contributed by atoms with Crippen molar-refractivity contribution in [3.63, 3.8) is 0 Å². The molecule has 2 atom stereocenters. The summed E-state index contributed by atoms with van der Waals surface area (Å²) in [5, 5.41) is 12.8. The summed E-state index contributed by atoms with van der Waals surface area (Å²) >= 11 is 0. The number of nitrogens with zero attached hydrogens (tertiary/aromatic N) is 3. The zero-order valence-corrected chi connectivity index (χ0v) is 18.3. The van der Waals surface area contributed by atoms with Crippen LogP contribution < -0.4 is 5.32 Å². The van der Waals surface area contributed by atoms with Crippen LogP contribution in [0.3, 0.4) is 0 Å². The zero-order valence-electron chi connectivity index (χ0n) is 18.3. The molecule has 1 aliphatic heterocycles. The van der Waals surface area contributed by atoms with Crippen LogP contribution in [0.15, 0.2) is 61.3 Å². The average molecular weight is 432 g/mol. The fourth-order valence-corrected chi connectivity index (χ4v) is 5.06. The molecule has 0 spiro atoms. The highest BCUT2D eigenvalue weighted by Gasteiger charge is 2.21. The fourth-order valence-electron chi connectivity index (χ4n) is 5.06. The van der Waals surface area contributed by atoms with E-state index in [2.05, 4.69) is 44.9 Å². The number of aromatic nitrogens is 4. The quantitative estimate of drug-likeness (QED) is 0.403. The van der Waals surface area contributed by atoms with Gasteiger partial charge in [0, 0.05) is 28.8 Å². The largest absolute Gasteiger partial charge is 0.361 e. The maximum atomic E-state index is 13.4. The van der Waals surface area contributed by atoms with Crippen molar-refractivity contribution in [2.75, 3.05) is 6.54 Å². The Hall–Kier alpha value is -2.99. The van der Waals surface area contributed by atoms with Crippen molar-refractivity contribution in [1.82, 2.24) is 25.1 Å². The molecule has 1 saturated heterocycles. The van der Waals surface area contributed by atoms with Crippen LogP contribution in [-0.2, 0) is 12.8 Å². The number of rotatable bonds is 8. The van der Waals surface area contributed by atoms with E-state index in [4.69, 9.17) is 0 Å². The molecule has 1 fully saturated rings. The molecule has 32 heavy (non-hydrogen) atoms. The van der Waals surface area contributed by atoms with Crippen LogP contribution in [0.25, 0.3) is 16.6 Å². The van der Waals surface area contributed by atoms with E-state index in [9.17, 15) is 4.39 Å². The minimum atomic E-state index is -0.136. The minimum absolute atomic E-state index is 0.136. The average Bonchev–Trinajstić information content (AvgIpc) is 3.48. The van der Waals surface area contributed by atoms with Gasteiger partial charge in [-0.1, -0.05) is 18.6 Å². The summed E-state index contributed by atoms with van der Waals surface area (Å²) in [5.41, 5.74) is 4.74. The lowest BCUT2D eigenvalue weighted by Gasteiger charge is -2.30. The topological polar surface area (TPSA) is 58.5 Å². The molecule has 6 heteroatoms. The first-order chi connectivity index (χ1) is 15.7. The highest BCUT2D eigenvalue weighted by Crippen LogP contribution is 2.27. The first-order valence-corrected chi connectivity index (χ1v) is 11.7. The second-order valence-corrected chi connectivity index (χ2v) is 9.02. The number of aryl methyl sites for hydroxylation is 2. The summed E-state index contributed by atoms with van der Waals surface area (Å²) in [5.74, 6) is 0.634. The van der Waals surface area contributed by atoms with E-state index in [1.165, 1.54) is 48.2 Å². The fraction of sp³-hybridized carbons (Fsp3) is 0.385. The highest BCUT2D eigenvalue weighted by molar-refractivity contribution is 5.85. The van der Waals surface area contributed by atoms with Gasteiger partial charge < -0.3 is 10.3 Å². The van der Waals surface area contributed by atoms with Gasteiger partial charge in [-0.15, -0.1) is 10.2 Å². The molecule has 1 aliphatic rings. The van der Waals surface area contributed by atoms with Crippen LogP contribution in [0.5, 0.6) is 0 Å². The number of halogens is 1. The molecule has 2 aromatic carbocycles. The third-order valence-electron chi connectivity index (χ3n) is 6.80. The second-order valence-electron chi connectivity index (χ2n) is 9.02. The molecule has 0 amide bonds. The number of aromatic amines is 1. The SMILES string of the molecule is Fc1cccc(CCC2CC(CCCc3c[nH]c4ccc(-n5cnnc5)cc34)CCN2)c1. The van der Waals surface area contributed by atoms with Crippen LogP contribution in [0.4, 0.5) is 4.39 Å². The van der Waals surface area contributed by atoms with Gasteiger partial charge in [-0.05, 0) is 92.4 Å². The molecule has 4 aromatic rings. The normalized spacial score (nSPS) is 18.9. The van der Waals surface area contributed by atoms with Gasteiger partial charge in [0.25, 0.3) is 0 Å². The molecular formula is C26H30FN5. The van der Waals surface area contributed by atoms with E-state index >= 15 is 0 Å². The molecule has 0 saturated carbocycles. The maximum absolute atomic E-state index is 13.4. The van der Waals surface area contributed by atoms with Crippen LogP contribution >= 0.6 is 0 Å². The Morgan fingerprint density at radius 1 is 1.03 bits per heavy atom. The maximum Gasteiger partial charge on any atom is 0.123 e. The molecule has 5 nitrogen and oxygen atoms in total. The van der Waals surface area contributed by atoms with Crippen LogP contribution in [-0.4, -0.2) is 32.3 Å². The number of hydrogen-bond acceptors (Lipinski definition) is 3. The molecule has 2 N–H and O–H groups in total. The van der Waals surface area contributed by atoms with Crippen molar-refractivity contribution in [1.29, 1.82) is 0 Å². The summed E-state index contributed by atoms with van der Waals surface area (Å²) in [7, 11) is 0. The van der Waals surface area contributed by atoms with Gasteiger partial charge in [0.05, 0.1) is 0 Å².